The maximum Gasteiger partial charge on any atom is 0.0849 e. The van der Waals surface area contributed by atoms with Crippen molar-refractivity contribution in [3.05, 3.63) is 23.3 Å². The van der Waals surface area contributed by atoms with Crippen LogP contribution in [0, 0.1) is 23.2 Å². The van der Waals surface area contributed by atoms with Crippen molar-refractivity contribution >= 4 is 0 Å². The highest BCUT2D eigenvalue weighted by molar-refractivity contribution is 5.26. The van der Waals surface area contributed by atoms with Crippen molar-refractivity contribution in [2.45, 2.75) is 148 Å². The van der Waals surface area contributed by atoms with E-state index in [1.807, 2.05) is 13.8 Å². The van der Waals surface area contributed by atoms with Gasteiger partial charge in [-0.15, -0.1) is 0 Å². The summed E-state index contributed by atoms with van der Waals surface area (Å²) in [4.78, 5) is 0. The van der Waals surface area contributed by atoms with Gasteiger partial charge >= 0.3 is 0 Å². The van der Waals surface area contributed by atoms with E-state index in [2.05, 4.69) is 19.1 Å². The second kappa shape index (κ2) is 12.0. The molecule has 0 spiro atoms. The Morgan fingerprint density at radius 1 is 0.972 bits per heavy atom. The molecule has 0 saturated heterocycles. The molecule has 0 aromatic heterocycles. The third-order valence-corrected chi connectivity index (χ3v) is 9.67. The second-order valence-electron chi connectivity index (χ2n) is 13.8. The van der Waals surface area contributed by atoms with Crippen LogP contribution in [0.25, 0.3) is 0 Å². The summed E-state index contributed by atoms with van der Waals surface area (Å²) >= 11 is 0. The normalized spacial score (nSPS) is 34.5. The lowest BCUT2D eigenvalue weighted by molar-refractivity contribution is -0.0563. The molecule has 5 N–H and O–H groups in total. The van der Waals surface area contributed by atoms with Gasteiger partial charge in [0, 0.05) is 0 Å². The molecule has 0 heterocycles. The first kappa shape index (κ1) is 29.8. The summed E-state index contributed by atoms with van der Waals surface area (Å²) < 4.78 is 0. The number of aliphatic hydroxyl groups is 5. The molecule has 0 amide bonds. The molecule has 0 bridgehead atoms. The van der Waals surface area contributed by atoms with E-state index in [1.54, 1.807) is 13.8 Å². The number of hydrogen-bond donors (Lipinski definition) is 5. The maximum atomic E-state index is 10.6. The molecule has 3 aliphatic carbocycles. The van der Waals surface area contributed by atoms with Gasteiger partial charge in [0.05, 0.1) is 29.5 Å². The minimum atomic E-state index is -1.09. The first-order valence-electron chi connectivity index (χ1n) is 14.6. The Morgan fingerprint density at radius 2 is 1.64 bits per heavy atom. The summed E-state index contributed by atoms with van der Waals surface area (Å²) in [6.07, 6.45) is 14.9. The molecule has 0 aromatic carbocycles. The van der Waals surface area contributed by atoms with Crippen molar-refractivity contribution in [3.8, 4) is 0 Å². The molecule has 3 fully saturated rings. The molecule has 0 radical (unpaired) electrons. The van der Waals surface area contributed by atoms with Crippen LogP contribution in [0.4, 0.5) is 0 Å². The van der Waals surface area contributed by atoms with E-state index in [-0.39, 0.29) is 5.41 Å². The van der Waals surface area contributed by atoms with E-state index in [9.17, 15) is 25.5 Å². The molecule has 0 aromatic rings. The first-order chi connectivity index (χ1) is 16.7. The van der Waals surface area contributed by atoms with Crippen molar-refractivity contribution in [1.29, 1.82) is 0 Å². The number of rotatable bonds is 10. The van der Waals surface area contributed by atoms with Crippen LogP contribution >= 0.6 is 0 Å². The Morgan fingerprint density at radius 3 is 2.25 bits per heavy atom. The summed E-state index contributed by atoms with van der Waals surface area (Å²) in [5, 5.41) is 51.3. The van der Waals surface area contributed by atoms with Crippen LogP contribution in [-0.2, 0) is 0 Å². The zero-order valence-corrected chi connectivity index (χ0v) is 23.5. The number of allylic oxidation sites excluding steroid dienone is 3. The van der Waals surface area contributed by atoms with E-state index >= 15 is 0 Å². The third kappa shape index (κ3) is 7.89. The van der Waals surface area contributed by atoms with Crippen LogP contribution in [-0.4, -0.2) is 55.0 Å². The van der Waals surface area contributed by atoms with Gasteiger partial charge in [-0.1, -0.05) is 43.1 Å². The summed E-state index contributed by atoms with van der Waals surface area (Å²) in [7, 11) is 0. The fraction of sp³-hybridized carbons (Fsp3) is 0.871. The summed E-state index contributed by atoms with van der Waals surface area (Å²) in [6.45, 7) is 9.61. The predicted octanol–water partition coefficient (Wildman–Crippen LogP) is 5.43. The van der Waals surface area contributed by atoms with Crippen LogP contribution in [0.3, 0.4) is 0 Å². The average Bonchev–Trinajstić information content (AvgIpc) is 3.09. The van der Waals surface area contributed by atoms with Crippen LogP contribution in [0.15, 0.2) is 23.3 Å². The predicted molar refractivity (Wildman–Crippen MR) is 145 cm³/mol. The standard InChI is InChI=1S/C31H54O5/c1-29(2,35)16-6-8-23(12-15-28(34)30(3,4)36)27-14-13-26-22(9-7-17-31(26,27)5)11-10-21-18-24(32)20-25(33)19-21/h10-11,23-28,32-36H,6-9,12-20H2,1-5H3/t23-,24+,25+,26-,27+,28?,31-/m0/s1. The SMILES string of the molecule is CC(C)(O)CCC[C@@H](CCC(O)C(C)(C)O)[C@H]1CC[C@H]2C(=CC=C3C[C@@H](O)C[C@H](O)C3)CCC[C@]12C. The molecule has 36 heavy (non-hydrogen) atoms. The zero-order valence-electron chi connectivity index (χ0n) is 23.5. The Labute approximate surface area is 219 Å². The van der Waals surface area contributed by atoms with Crippen molar-refractivity contribution in [3.63, 3.8) is 0 Å². The fourth-order valence-corrected chi connectivity index (χ4v) is 7.65. The van der Waals surface area contributed by atoms with Crippen molar-refractivity contribution in [2.75, 3.05) is 0 Å². The van der Waals surface area contributed by atoms with E-state index in [1.165, 1.54) is 31.3 Å². The number of hydrogen-bond acceptors (Lipinski definition) is 5. The molecule has 208 valence electrons. The fourth-order valence-electron chi connectivity index (χ4n) is 7.65. The molecule has 1 unspecified atom stereocenters. The summed E-state index contributed by atoms with van der Waals surface area (Å²) in [5.41, 5.74) is 1.16. The molecule has 5 heteroatoms. The zero-order chi connectivity index (χ0) is 26.7. The van der Waals surface area contributed by atoms with Crippen LogP contribution in [0.5, 0.6) is 0 Å². The van der Waals surface area contributed by atoms with Gasteiger partial charge in [0.2, 0.25) is 0 Å². The summed E-state index contributed by atoms with van der Waals surface area (Å²) in [5.74, 6) is 1.61. The molecule has 3 saturated carbocycles. The average molecular weight is 507 g/mol. The Bertz CT molecular complexity index is 761. The van der Waals surface area contributed by atoms with Gasteiger partial charge in [-0.3, -0.25) is 0 Å². The third-order valence-electron chi connectivity index (χ3n) is 9.67. The van der Waals surface area contributed by atoms with E-state index < -0.39 is 29.5 Å². The lowest BCUT2D eigenvalue weighted by Crippen LogP contribution is -2.39. The summed E-state index contributed by atoms with van der Waals surface area (Å²) in [6, 6.07) is 0. The van der Waals surface area contributed by atoms with E-state index in [4.69, 9.17) is 0 Å². The number of aliphatic hydroxyl groups excluding tert-OH is 3. The van der Waals surface area contributed by atoms with Gasteiger partial charge in [0.25, 0.3) is 0 Å². The van der Waals surface area contributed by atoms with Crippen LogP contribution < -0.4 is 0 Å². The molecule has 0 aliphatic heterocycles. The van der Waals surface area contributed by atoms with Gasteiger partial charge in [-0.05, 0) is 121 Å². The van der Waals surface area contributed by atoms with Crippen molar-refractivity contribution in [2.24, 2.45) is 23.2 Å². The molecule has 5 nitrogen and oxygen atoms in total. The minimum absolute atomic E-state index is 0.229. The highest BCUT2D eigenvalue weighted by atomic mass is 16.3. The van der Waals surface area contributed by atoms with Crippen molar-refractivity contribution in [1.82, 2.24) is 0 Å². The number of fused-ring (bicyclic) bond motifs is 1. The first-order valence-corrected chi connectivity index (χ1v) is 14.6. The largest absolute Gasteiger partial charge is 0.393 e. The molecule has 3 aliphatic rings. The van der Waals surface area contributed by atoms with Gasteiger partial charge < -0.3 is 25.5 Å². The molecular weight excluding hydrogens is 452 g/mol. The molecule has 7 atom stereocenters. The van der Waals surface area contributed by atoms with E-state index in [0.29, 0.717) is 43.4 Å². The molecular formula is C31H54O5. The molecule has 3 rings (SSSR count). The van der Waals surface area contributed by atoms with Crippen LogP contribution in [0.2, 0.25) is 0 Å². The maximum absolute atomic E-state index is 10.6. The Kier molecular flexibility index (Phi) is 9.93. The van der Waals surface area contributed by atoms with Gasteiger partial charge in [0.1, 0.15) is 0 Å². The van der Waals surface area contributed by atoms with Gasteiger partial charge in [-0.25, -0.2) is 0 Å². The monoisotopic (exact) mass is 506 g/mol. The Balaban J connectivity index is 1.76. The Hall–Kier alpha value is -0.720. The highest BCUT2D eigenvalue weighted by Crippen LogP contribution is 2.60. The lowest BCUT2D eigenvalue weighted by Gasteiger charge is -2.45. The highest BCUT2D eigenvalue weighted by Gasteiger charge is 2.51. The topological polar surface area (TPSA) is 101 Å². The van der Waals surface area contributed by atoms with E-state index in [0.717, 1.165) is 37.7 Å². The van der Waals surface area contributed by atoms with Gasteiger partial charge in [-0.2, -0.15) is 0 Å². The quantitative estimate of drug-likeness (QED) is 0.272. The van der Waals surface area contributed by atoms with Gasteiger partial charge in [0.15, 0.2) is 0 Å². The second-order valence-corrected chi connectivity index (χ2v) is 13.8. The smallest absolute Gasteiger partial charge is 0.0849 e. The lowest BCUT2D eigenvalue weighted by atomic mass is 9.60. The van der Waals surface area contributed by atoms with Crippen molar-refractivity contribution < 1.29 is 25.5 Å². The minimum Gasteiger partial charge on any atom is -0.393 e. The van der Waals surface area contributed by atoms with Crippen LogP contribution in [0.1, 0.15) is 118 Å².